The van der Waals surface area contributed by atoms with E-state index in [-0.39, 0.29) is 30.4 Å². The number of rotatable bonds is 26. The molecule has 0 unspecified atom stereocenters. The Bertz CT molecular complexity index is 625. The van der Waals surface area contributed by atoms with Crippen molar-refractivity contribution in [1.29, 1.82) is 0 Å². The largest absolute Gasteiger partial charge is 0.480 e. The van der Waals surface area contributed by atoms with Gasteiger partial charge in [-0.1, -0.05) is 64.2 Å². The van der Waals surface area contributed by atoms with Crippen LogP contribution in [0.1, 0.15) is 122 Å². The first-order chi connectivity index (χ1) is 17.4. The first-order valence-electron chi connectivity index (χ1n) is 13.7. The van der Waals surface area contributed by atoms with Gasteiger partial charge < -0.3 is 25.3 Å². The van der Waals surface area contributed by atoms with E-state index < -0.39 is 12.0 Å². The van der Waals surface area contributed by atoms with Gasteiger partial charge in [-0.25, -0.2) is 4.79 Å². The Morgan fingerprint density at radius 3 is 1.81 bits per heavy atom. The molecular weight excluding hydrogens is 464 g/mol. The van der Waals surface area contributed by atoms with E-state index >= 15 is 0 Å². The molecule has 0 aromatic heterocycles. The number of carbonyl (C=O) groups is 5. The van der Waals surface area contributed by atoms with Crippen molar-refractivity contribution in [1.82, 2.24) is 10.6 Å². The first-order valence-corrected chi connectivity index (χ1v) is 13.7. The summed E-state index contributed by atoms with van der Waals surface area (Å²) in [4.78, 5) is 56.0. The maximum absolute atomic E-state index is 12.1. The number of ether oxygens (including phenoxy) is 1. The molecule has 2 amide bonds. The molecule has 0 fully saturated rings. The van der Waals surface area contributed by atoms with Gasteiger partial charge in [-0.05, 0) is 39.0 Å². The minimum atomic E-state index is -1.04. The number of ketones is 1. The van der Waals surface area contributed by atoms with E-state index in [0.29, 0.717) is 45.3 Å². The highest BCUT2D eigenvalue weighted by Crippen LogP contribution is 2.13. The highest BCUT2D eigenvalue weighted by Gasteiger charge is 2.19. The number of amides is 2. The summed E-state index contributed by atoms with van der Waals surface area (Å²) < 4.78 is 4.67. The van der Waals surface area contributed by atoms with Crippen molar-refractivity contribution in [3.63, 3.8) is 0 Å². The number of unbranched alkanes of at least 4 members (excludes halogenated alkanes) is 12. The quantitative estimate of drug-likeness (QED) is 0.115. The summed E-state index contributed by atoms with van der Waals surface area (Å²) in [6.45, 7) is 2.90. The summed E-state index contributed by atoms with van der Waals surface area (Å²) in [5, 5.41) is 14.7. The normalized spacial score (nSPS) is 11.5. The molecule has 208 valence electrons. The highest BCUT2D eigenvalue weighted by atomic mass is 16.5. The van der Waals surface area contributed by atoms with Gasteiger partial charge >= 0.3 is 5.97 Å². The van der Waals surface area contributed by atoms with Crippen LogP contribution in [-0.2, 0) is 28.7 Å². The molecule has 0 bridgehead atoms. The van der Waals surface area contributed by atoms with Gasteiger partial charge in [0.05, 0.1) is 6.61 Å². The lowest BCUT2D eigenvalue weighted by Crippen LogP contribution is -2.40. The average molecular weight is 513 g/mol. The highest BCUT2D eigenvalue weighted by molar-refractivity contribution is 5.84. The molecule has 0 aromatic carbocycles. The molecule has 0 radical (unpaired) electrons. The number of hydrogen-bond acceptors (Lipinski definition) is 6. The summed E-state index contributed by atoms with van der Waals surface area (Å²) in [6.07, 6.45) is 15.6. The number of aliphatic carboxylic acids is 1. The van der Waals surface area contributed by atoms with Crippen LogP contribution in [0.3, 0.4) is 0 Å². The topological polar surface area (TPSA) is 139 Å². The van der Waals surface area contributed by atoms with Crippen molar-refractivity contribution < 1.29 is 33.8 Å². The van der Waals surface area contributed by atoms with E-state index in [1.54, 1.807) is 0 Å². The summed E-state index contributed by atoms with van der Waals surface area (Å²) in [5.41, 5.74) is 0. The van der Waals surface area contributed by atoms with Gasteiger partial charge in [0, 0.05) is 25.8 Å². The van der Waals surface area contributed by atoms with Gasteiger partial charge in [0.25, 0.3) is 6.47 Å². The lowest BCUT2D eigenvalue weighted by molar-refractivity contribution is -0.142. The van der Waals surface area contributed by atoms with Crippen LogP contribution in [0, 0.1) is 0 Å². The molecule has 0 aliphatic carbocycles. The average Bonchev–Trinajstić information content (AvgIpc) is 2.84. The Kier molecular flexibility index (Phi) is 22.6. The Labute approximate surface area is 216 Å². The van der Waals surface area contributed by atoms with Crippen LogP contribution < -0.4 is 10.6 Å². The van der Waals surface area contributed by atoms with Crippen LogP contribution in [0.15, 0.2) is 0 Å². The molecule has 0 heterocycles. The summed E-state index contributed by atoms with van der Waals surface area (Å²) in [6, 6.07) is -0.907. The molecule has 0 rings (SSSR count). The molecule has 9 nitrogen and oxygen atoms in total. The zero-order valence-electron chi connectivity index (χ0n) is 22.2. The molecule has 0 aromatic rings. The fourth-order valence-electron chi connectivity index (χ4n) is 3.89. The molecule has 1 atom stereocenters. The van der Waals surface area contributed by atoms with Gasteiger partial charge in [-0.2, -0.15) is 0 Å². The van der Waals surface area contributed by atoms with Gasteiger partial charge in [0.1, 0.15) is 11.8 Å². The Morgan fingerprint density at radius 2 is 1.28 bits per heavy atom. The van der Waals surface area contributed by atoms with Crippen LogP contribution in [-0.4, -0.2) is 54.3 Å². The van der Waals surface area contributed by atoms with Crippen LogP contribution in [0.4, 0.5) is 0 Å². The van der Waals surface area contributed by atoms with Crippen molar-refractivity contribution in [2.45, 2.75) is 129 Å². The summed E-state index contributed by atoms with van der Waals surface area (Å²) in [7, 11) is 0. The molecule has 9 heteroatoms. The number of hydrogen-bond donors (Lipinski definition) is 3. The smallest absolute Gasteiger partial charge is 0.326 e. The minimum Gasteiger partial charge on any atom is -0.480 e. The van der Waals surface area contributed by atoms with Crippen molar-refractivity contribution in [2.24, 2.45) is 0 Å². The monoisotopic (exact) mass is 512 g/mol. The van der Waals surface area contributed by atoms with Gasteiger partial charge in [-0.15, -0.1) is 0 Å². The second kappa shape index (κ2) is 24.3. The Hall–Kier alpha value is -2.45. The van der Waals surface area contributed by atoms with Crippen LogP contribution in [0.5, 0.6) is 0 Å². The lowest BCUT2D eigenvalue weighted by Gasteiger charge is -2.14. The van der Waals surface area contributed by atoms with Gasteiger partial charge in [-0.3, -0.25) is 14.4 Å². The molecule has 0 spiro atoms. The minimum absolute atomic E-state index is 0.0283. The molecule has 0 aliphatic rings. The SMILES string of the molecule is CC(=O)CCC(=O)NCCCC[C@H](NC(=O)CCCCCCCCCCCCCCOC=O)C(=O)O. The van der Waals surface area contributed by atoms with Crippen LogP contribution in [0.25, 0.3) is 0 Å². The van der Waals surface area contributed by atoms with Gasteiger partial charge in [0.15, 0.2) is 0 Å². The van der Waals surface area contributed by atoms with E-state index in [4.69, 9.17) is 0 Å². The van der Waals surface area contributed by atoms with Crippen molar-refractivity contribution in [3.8, 4) is 0 Å². The van der Waals surface area contributed by atoms with Gasteiger partial charge in [0.2, 0.25) is 11.8 Å². The molecular formula is C27H48N2O7. The maximum atomic E-state index is 12.1. The zero-order valence-corrected chi connectivity index (χ0v) is 22.2. The predicted octanol–water partition coefficient (Wildman–Crippen LogP) is 4.46. The van der Waals surface area contributed by atoms with E-state index in [1.165, 1.54) is 45.4 Å². The second-order valence-corrected chi connectivity index (χ2v) is 9.47. The first kappa shape index (κ1) is 33.5. The Balaban J connectivity index is 3.64. The van der Waals surface area contributed by atoms with Crippen molar-refractivity contribution in [2.75, 3.05) is 13.2 Å². The van der Waals surface area contributed by atoms with Crippen molar-refractivity contribution in [3.05, 3.63) is 0 Å². The predicted molar refractivity (Wildman–Crippen MR) is 138 cm³/mol. The number of nitrogens with one attached hydrogen (secondary N) is 2. The summed E-state index contributed by atoms with van der Waals surface area (Å²) in [5.74, 6) is -1.47. The molecule has 0 saturated carbocycles. The fourth-order valence-corrected chi connectivity index (χ4v) is 3.89. The standard InChI is InChI=1S/C27H48N2O7/c1-23(31)18-19-25(32)28-20-14-13-16-24(27(34)35)29-26(33)17-12-10-8-6-4-2-3-5-7-9-11-15-21-36-22-30/h22,24H,2-21H2,1H3,(H,28,32)(H,29,33)(H,34,35)/t24-/m0/s1. The third-order valence-electron chi connectivity index (χ3n) is 6.06. The fraction of sp³-hybridized carbons (Fsp3) is 0.815. The van der Waals surface area contributed by atoms with E-state index in [1.807, 2.05) is 0 Å². The third-order valence-corrected chi connectivity index (χ3v) is 6.06. The zero-order chi connectivity index (χ0) is 26.9. The number of carboxylic acid groups (broad SMARTS) is 1. The van der Waals surface area contributed by atoms with E-state index in [0.717, 1.165) is 38.5 Å². The number of carboxylic acids is 1. The van der Waals surface area contributed by atoms with E-state index in [9.17, 15) is 29.1 Å². The maximum Gasteiger partial charge on any atom is 0.326 e. The van der Waals surface area contributed by atoms with Crippen molar-refractivity contribution >= 4 is 30.0 Å². The lowest BCUT2D eigenvalue weighted by atomic mass is 10.0. The third kappa shape index (κ3) is 23.3. The Morgan fingerprint density at radius 1 is 0.722 bits per heavy atom. The second-order valence-electron chi connectivity index (χ2n) is 9.47. The van der Waals surface area contributed by atoms with Crippen LogP contribution >= 0.6 is 0 Å². The number of carbonyl (C=O) groups excluding carboxylic acids is 4. The summed E-state index contributed by atoms with van der Waals surface area (Å²) >= 11 is 0. The molecule has 36 heavy (non-hydrogen) atoms. The van der Waals surface area contributed by atoms with Crippen LogP contribution in [0.2, 0.25) is 0 Å². The van der Waals surface area contributed by atoms with E-state index in [2.05, 4.69) is 15.4 Å². The molecule has 0 aliphatic heterocycles. The molecule has 3 N–H and O–H groups in total. The molecule has 0 saturated heterocycles. The number of Topliss-reactive ketones (excluding diaryl/α,β-unsaturated/α-hetero) is 1.